The highest BCUT2D eigenvalue weighted by Gasteiger charge is 2.18. The molecular weight excluding hydrogens is 294 g/mol. The fourth-order valence-corrected chi connectivity index (χ4v) is 2.54. The molecule has 5 heteroatoms. The lowest BCUT2D eigenvalue weighted by Gasteiger charge is -2.07. The number of hydrogen-bond acceptors (Lipinski definition) is 3. The van der Waals surface area contributed by atoms with Gasteiger partial charge in [0.2, 0.25) is 0 Å². The van der Waals surface area contributed by atoms with Crippen molar-refractivity contribution in [3.05, 3.63) is 65.9 Å². The Morgan fingerprint density at radius 3 is 2.65 bits per heavy atom. The Hall–Kier alpha value is -3.08. The van der Waals surface area contributed by atoms with Gasteiger partial charge in [-0.2, -0.15) is 0 Å². The van der Waals surface area contributed by atoms with Crippen LogP contribution in [0.15, 0.2) is 54.7 Å². The van der Waals surface area contributed by atoms with Gasteiger partial charge >= 0.3 is 5.97 Å². The fraction of sp³-hybridized carbons (Fsp3) is 0.111. The molecule has 0 amide bonds. The van der Waals surface area contributed by atoms with Crippen molar-refractivity contribution in [1.29, 1.82) is 0 Å². The number of rotatable bonds is 4. The molecule has 5 nitrogen and oxygen atoms in total. The number of carbonyl (C=O) groups excluding carboxylic acids is 1. The first-order valence-electron chi connectivity index (χ1n) is 7.22. The third-order valence-electron chi connectivity index (χ3n) is 3.55. The quantitative estimate of drug-likeness (QED) is 0.801. The van der Waals surface area contributed by atoms with Crippen LogP contribution in [0.4, 0.5) is 0 Å². The van der Waals surface area contributed by atoms with E-state index in [1.165, 1.54) is 10.8 Å². The summed E-state index contributed by atoms with van der Waals surface area (Å²) < 4.78 is 6.77. The van der Waals surface area contributed by atoms with E-state index < -0.39 is 5.97 Å². The van der Waals surface area contributed by atoms with Crippen LogP contribution in [0.2, 0.25) is 0 Å². The van der Waals surface area contributed by atoms with Crippen molar-refractivity contribution in [2.45, 2.75) is 6.92 Å². The van der Waals surface area contributed by atoms with Crippen molar-refractivity contribution in [2.75, 3.05) is 6.61 Å². The van der Waals surface area contributed by atoms with Gasteiger partial charge in [0.05, 0.1) is 17.7 Å². The molecule has 0 saturated carbocycles. The zero-order valence-electron chi connectivity index (χ0n) is 12.5. The first-order chi connectivity index (χ1) is 11.1. The zero-order valence-corrected chi connectivity index (χ0v) is 12.5. The maximum atomic E-state index is 12.8. The Morgan fingerprint density at radius 2 is 1.91 bits per heavy atom. The molecule has 1 N–H and O–H groups in total. The number of carboxylic acid groups (broad SMARTS) is 1. The van der Waals surface area contributed by atoms with Crippen molar-refractivity contribution in [2.24, 2.45) is 0 Å². The van der Waals surface area contributed by atoms with Gasteiger partial charge in [0, 0.05) is 17.1 Å². The van der Waals surface area contributed by atoms with Crippen LogP contribution in [-0.2, 0) is 0 Å². The Kier molecular flexibility index (Phi) is 3.85. The van der Waals surface area contributed by atoms with E-state index in [0.717, 1.165) is 0 Å². The van der Waals surface area contributed by atoms with Crippen molar-refractivity contribution in [3.8, 4) is 5.75 Å². The molecule has 0 saturated heterocycles. The summed E-state index contributed by atoms with van der Waals surface area (Å²) in [6.07, 6.45) is 1.36. The van der Waals surface area contributed by atoms with Crippen LogP contribution < -0.4 is 4.74 Å². The third kappa shape index (κ3) is 2.68. The number of ether oxygens (including phenoxy) is 1. The van der Waals surface area contributed by atoms with E-state index in [0.29, 0.717) is 28.8 Å². The van der Waals surface area contributed by atoms with E-state index in [2.05, 4.69) is 0 Å². The monoisotopic (exact) mass is 309 g/mol. The van der Waals surface area contributed by atoms with E-state index in [9.17, 15) is 14.7 Å². The minimum atomic E-state index is -1.06. The number of nitrogens with zero attached hydrogens (tertiary/aromatic N) is 1. The number of fused-ring (bicyclic) bond motifs is 1. The highest BCUT2D eigenvalue weighted by atomic mass is 16.5. The van der Waals surface area contributed by atoms with Crippen molar-refractivity contribution >= 4 is 22.8 Å². The van der Waals surface area contributed by atoms with Crippen molar-refractivity contribution in [1.82, 2.24) is 4.57 Å². The number of aromatic carboxylic acids is 1. The van der Waals surface area contributed by atoms with Gasteiger partial charge in [-0.3, -0.25) is 9.36 Å². The molecular formula is C18H15NO4. The van der Waals surface area contributed by atoms with E-state index in [1.807, 2.05) is 6.92 Å². The molecule has 0 aliphatic rings. The minimum absolute atomic E-state index is 0.106. The lowest BCUT2D eigenvalue weighted by Crippen LogP contribution is -2.11. The van der Waals surface area contributed by atoms with E-state index in [-0.39, 0.29) is 11.5 Å². The molecule has 116 valence electrons. The molecule has 23 heavy (non-hydrogen) atoms. The molecule has 0 aliphatic carbocycles. The van der Waals surface area contributed by atoms with Gasteiger partial charge in [-0.05, 0) is 31.2 Å². The normalized spacial score (nSPS) is 10.7. The summed E-state index contributed by atoms with van der Waals surface area (Å²) in [5, 5.41) is 9.85. The van der Waals surface area contributed by atoms with Gasteiger partial charge in [-0.1, -0.05) is 24.3 Å². The third-order valence-corrected chi connectivity index (χ3v) is 3.55. The second kappa shape index (κ2) is 5.96. The summed E-state index contributed by atoms with van der Waals surface area (Å²) in [4.78, 5) is 24.1. The SMILES string of the molecule is CCOc1cccc(C(=O)n2cc(C(=O)O)c3ccccc32)c1. The summed E-state index contributed by atoms with van der Waals surface area (Å²) in [5.74, 6) is -0.751. The summed E-state index contributed by atoms with van der Waals surface area (Å²) in [5.41, 5.74) is 1.11. The van der Waals surface area contributed by atoms with Gasteiger partial charge < -0.3 is 9.84 Å². The molecule has 1 aromatic heterocycles. The number of hydrogen-bond donors (Lipinski definition) is 1. The first kappa shape index (κ1) is 14.8. The second-order valence-electron chi connectivity index (χ2n) is 5.00. The molecule has 0 aliphatic heterocycles. The van der Waals surface area contributed by atoms with Crippen LogP contribution >= 0.6 is 0 Å². The predicted octanol–water partition coefficient (Wildman–Crippen LogP) is 3.43. The lowest BCUT2D eigenvalue weighted by molar-refractivity contribution is 0.0699. The largest absolute Gasteiger partial charge is 0.494 e. The molecule has 0 atom stereocenters. The molecule has 3 aromatic rings. The van der Waals surface area contributed by atoms with Gasteiger partial charge in [0.1, 0.15) is 5.75 Å². The van der Waals surface area contributed by atoms with Crippen LogP contribution in [0.3, 0.4) is 0 Å². The molecule has 3 rings (SSSR count). The molecule has 0 unspecified atom stereocenters. The van der Waals surface area contributed by atoms with Crippen LogP contribution in [0.1, 0.15) is 27.6 Å². The lowest BCUT2D eigenvalue weighted by atomic mass is 10.2. The van der Waals surface area contributed by atoms with Crippen molar-refractivity contribution < 1.29 is 19.4 Å². The van der Waals surface area contributed by atoms with Crippen LogP contribution in [0.25, 0.3) is 10.9 Å². The van der Waals surface area contributed by atoms with E-state index >= 15 is 0 Å². The average Bonchev–Trinajstić information content (AvgIpc) is 2.95. The minimum Gasteiger partial charge on any atom is -0.494 e. The maximum Gasteiger partial charge on any atom is 0.337 e. The van der Waals surface area contributed by atoms with Gasteiger partial charge in [0.25, 0.3) is 5.91 Å². The molecule has 2 aromatic carbocycles. The van der Waals surface area contributed by atoms with Crippen molar-refractivity contribution in [3.63, 3.8) is 0 Å². The average molecular weight is 309 g/mol. The Balaban J connectivity index is 2.11. The first-order valence-corrected chi connectivity index (χ1v) is 7.22. The zero-order chi connectivity index (χ0) is 16.4. The van der Waals surface area contributed by atoms with Gasteiger partial charge in [-0.15, -0.1) is 0 Å². The highest BCUT2D eigenvalue weighted by molar-refractivity contribution is 6.09. The number of para-hydroxylation sites is 1. The number of aromatic nitrogens is 1. The smallest absolute Gasteiger partial charge is 0.337 e. The van der Waals surface area contributed by atoms with Gasteiger partial charge in [-0.25, -0.2) is 4.79 Å². The summed E-state index contributed by atoms with van der Waals surface area (Å²) in [7, 11) is 0. The molecule has 0 radical (unpaired) electrons. The predicted molar refractivity (Wildman–Crippen MR) is 86.2 cm³/mol. The summed E-state index contributed by atoms with van der Waals surface area (Å²) >= 11 is 0. The number of carboxylic acids is 1. The molecule has 0 bridgehead atoms. The second-order valence-corrected chi connectivity index (χ2v) is 5.00. The Bertz CT molecular complexity index is 895. The number of benzene rings is 2. The summed E-state index contributed by atoms with van der Waals surface area (Å²) in [6.45, 7) is 2.38. The van der Waals surface area contributed by atoms with Crippen LogP contribution in [0, 0.1) is 0 Å². The Morgan fingerprint density at radius 1 is 1.13 bits per heavy atom. The standard InChI is InChI=1S/C18H15NO4/c1-2-23-13-7-5-6-12(10-13)17(20)19-11-15(18(21)22)14-8-3-4-9-16(14)19/h3-11H,2H2,1H3,(H,21,22). The van der Waals surface area contributed by atoms with Crippen LogP contribution in [-0.4, -0.2) is 28.2 Å². The summed E-state index contributed by atoms with van der Waals surface area (Å²) in [6, 6.07) is 13.8. The van der Waals surface area contributed by atoms with Crippen LogP contribution in [0.5, 0.6) is 5.75 Å². The number of carbonyl (C=O) groups is 2. The topological polar surface area (TPSA) is 68.5 Å². The van der Waals surface area contributed by atoms with E-state index in [1.54, 1.807) is 48.5 Å². The maximum absolute atomic E-state index is 12.8. The van der Waals surface area contributed by atoms with Gasteiger partial charge in [0.15, 0.2) is 0 Å². The Labute approximate surface area is 132 Å². The fourth-order valence-electron chi connectivity index (χ4n) is 2.54. The highest BCUT2D eigenvalue weighted by Crippen LogP contribution is 2.23. The molecule has 1 heterocycles. The van der Waals surface area contributed by atoms with E-state index in [4.69, 9.17) is 4.74 Å². The molecule has 0 fully saturated rings. The molecule has 0 spiro atoms.